The molecule has 4 heterocycles. The largest absolute Gasteiger partial charge is 0.412 e. The molecular formula is C22H33BrN6O2S. The highest BCUT2D eigenvalue weighted by Crippen LogP contribution is 2.25. The number of para-hydroxylation sites is 1. The van der Waals surface area contributed by atoms with E-state index in [1.54, 1.807) is 0 Å². The molecule has 3 N–H and O–H groups in total. The van der Waals surface area contributed by atoms with Gasteiger partial charge >= 0.3 is 0 Å². The van der Waals surface area contributed by atoms with Crippen LogP contribution in [0.1, 0.15) is 12.1 Å². The summed E-state index contributed by atoms with van der Waals surface area (Å²) in [4.78, 5) is 19.7. The molecule has 2 aromatic rings. The second-order valence-electron chi connectivity index (χ2n) is 8.40. The summed E-state index contributed by atoms with van der Waals surface area (Å²) < 4.78 is 2.06. The molecule has 2 unspecified atom stereocenters. The predicted molar refractivity (Wildman–Crippen MR) is 135 cm³/mol. The first-order valence-electron chi connectivity index (χ1n) is 10.9. The highest BCUT2D eigenvalue weighted by atomic mass is 79.9. The highest BCUT2D eigenvalue weighted by Gasteiger charge is 2.36. The van der Waals surface area contributed by atoms with E-state index >= 15 is 0 Å². The number of aromatic nitrogens is 2. The first-order valence-corrected chi connectivity index (χ1v) is 12.1. The SMILES string of the molecule is Br.Cc1cc(N2CCN(C3CNC(C(=O)N4CCSC4)C3)CC2)n(-c2ccccc2)n1.O. The molecule has 3 aliphatic rings. The maximum absolute atomic E-state index is 12.7. The van der Waals surface area contributed by atoms with Crippen molar-refractivity contribution >= 4 is 40.5 Å². The minimum Gasteiger partial charge on any atom is -0.412 e. The minimum atomic E-state index is -0.00566. The van der Waals surface area contributed by atoms with Gasteiger partial charge in [-0.15, -0.1) is 28.7 Å². The summed E-state index contributed by atoms with van der Waals surface area (Å²) in [5.74, 6) is 3.39. The Bertz CT molecular complexity index is 884. The molecule has 8 nitrogen and oxygen atoms in total. The second kappa shape index (κ2) is 11.0. The van der Waals surface area contributed by atoms with Gasteiger partial charge in [0.05, 0.1) is 23.3 Å². The Morgan fingerprint density at radius 3 is 2.56 bits per heavy atom. The predicted octanol–water partition coefficient (Wildman–Crippen LogP) is 1.32. The van der Waals surface area contributed by atoms with Crippen molar-refractivity contribution in [3.63, 3.8) is 0 Å². The Morgan fingerprint density at radius 1 is 1.12 bits per heavy atom. The van der Waals surface area contributed by atoms with Gasteiger partial charge in [-0.25, -0.2) is 4.68 Å². The Kier molecular flexibility index (Phi) is 8.62. The molecule has 0 spiro atoms. The summed E-state index contributed by atoms with van der Waals surface area (Å²) in [5, 5.41) is 8.21. The van der Waals surface area contributed by atoms with Gasteiger partial charge in [-0.3, -0.25) is 9.69 Å². The first kappa shape index (κ1) is 25.0. The Hall–Kier alpha value is -1.59. The molecule has 32 heavy (non-hydrogen) atoms. The van der Waals surface area contributed by atoms with Crippen LogP contribution < -0.4 is 10.2 Å². The molecule has 0 bridgehead atoms. The highest BCUT2D eigenvalue weighted by molar-refractivity contribution is 8.93. The lowest BCUT2D eigenvalue weighted by Gasteiger charge is -2.38. The van der Waals surface area contributed by atoms with E-state index in [-0.39, 0.29) is 28.5 Å². The molecule has 0 aliphatic carbocycles. The van der Waals surface area contributed by atoms with E-state index in [9.17, 15) is 4.79 Å². The number of aryl methyl sites for hydroxylation is 1. The third-order valence-electron chi connectivity index (χ3n) is 6.44. The minimum absolute atomic E-state index is 0. The molecule has 176 valence electrons. The number of rotatable bonds is 4. The number of halogens is 1. The lowest BCUT2D eigenvalue weighted by Crippen LogP contribution is -2.51. The zero-order valence-corrected chi connectivity index (χ0v) is 21.0. The summed E-state index contributed by atoms with van der Waals surface area (Å²) in [6.07, 6.45) is 0.932. The molecule has 10 heteroatoms. The van der Waals surface area contributed by atoms with E-state index in [4.69, 9.17) is 5.10 Å². The maximum Gasteiger partial charge on any atom is 0.240 e. The Morgan fingerprint density at radius 2 is 1.88 bits per heavy atom. The van der Waals surface area contributed by atoms with Gasteiger partial charge in [0.1, 0.15) is 5.82 Å². The monoisotopic (exact) mass is 524 g/mol. The van der Waals surface area contributed by atoms with Crippen LogP contribution in [0, 0.1) is 6.92 Å². The van der Waals surface area contributed by atoms with Gasteiger partial charge in [0, 0.05) is 57.1 Å². The van der Waals surface area contributed by atoms with Crippen LogP contribution in [0.5, 0.6) is 0 Å². The number of hydrogen-bond acceptors (Lipinski definition) is 6. The second-order valence-corrected chi connectivity index (χ2v) is 9.48. The van der Waals surface area contributed by atoms with Crippen molar-refractivity contribution < 1.29 is 10.3 Å². The van der Waals surface area contributed by atoms with Crippen LogP contribution in [0.4, 0.5) is 5.82 Å². The smallest absolute Gasteiger partial charge is 0.240 e. The summed E-state index contributed by atoms with van der Waals surface area (Å²) in [7, 11) is 0. The topological polar surface area (TPSA) is 88.1 Å². The van der Waals surface area contributed by atoms with Crippen LogP contribution in [0.3, 0.4) is 0 Å². The van der Waals surface area contributed by atoms with Crippen LogP contribution in [-0.4, -0.2) is 93.9 Å². The number of hydrogen-bond donors (Lipinski definition) is 1. The molecule has 3 saturated heterocycles. The van der Waals surface area contributed by atoms with Gasteiger partial charge in [-0.2, -0.15) is 5.10 Å². The van der Waals surface area contributed by atoms with Crippen LogP contribution in [0.2, 0.25) is 0 Å². The molecule has 2 atom stereocenters. The Labute approximate surface area is 204 Å². The quantitative estimate of drug-likeness (QED) is 0.648. The number of anilines is 1. The molecule has 3 aliphatic heterocycles. The molecule has 0 saturated carbocycles. The van der Waals surface area contributed by atoms with Crippen molar-refractivity contribution in [2.75, 3.05) is 55.8 Å². The third-order valence-corrected chi connectivity index (χ3v) is 7.40. The van der Waals surface area contributed by atoms with E-state index in [0.717, 1.165) is 68.7 Å². The van der Waals surface area contributed by atoms with Crippen LogP contribution in [-0.2, 0) is 4.79 Å². The van der Waals surface area contributed by atoms with Gasteiger partial charge in [0.25, 0.3) is 0 Å². The lowest BCUT2D eigenvalue weighted by atomic mass is 10.1. The van der Waals surface area contributed by atoms with E-state index in [2.05, 4.69) is 57.1 Å². The first-order chi connectivity index (χ1) is 14.7. The summed E-state index contributed by atoms with van der Waals surface area (Å²) in [6, 6.07) is 13.0. The fourth-order valence-corrected chi connectivity index (χ4v) is 5.73. The van der Waals surface area contributed by atoms with Gasteiger partial charge < -0.3 is 20.6 Å². The van der Waals surface area contributed by atoms with Crippen molar-refractivity contribution in [1.29, 1.82) is 0 Å². The van der Waals surface area contributed by atoms with Crippen LogP contribution >= 0.6 is 28.7 Å². The number of carbonyl (C=O) groups excluding carboxylic acids is 1. The molecule has 0 radical (unpaired) electrons. The Balaban J connectivity index is 0.00000144. The summed E-state index contributed by atoms with van der Waals surface area (Å²) in [5.41, 5.74) is 2.14. The van der Waals surface area contributed by atoms with Crippen molar-refractivity contribution in [2.45, 2.75) is 25.4 Å². The lowest BCUT2D eigenvalue weighted by molar-refractivity contribution is -0.131. The fourth-order valence-electron chi connectivity index (χ4n) is 4.78. The number of benzene rings is 1. The molecule has 1 aromatic carbocycles. The van der Waals surface area contributed by atoms with Crippen LogP contribution in [0.25, 0.3) is 5.69 Å². The fraction of sp³-hybridized carbons (Fsp3) is 0.545. The average Bonchev–Trinajstić information content (AvgIpc) is 3.55. The van der Waals surface area contributed by atoms with Gasteiger partial charge in [-0.05, 0) is 25.5 Å². The van der Waals surface area contributed by atoms with E-state index < -0.39 is 0 Å². The van der Waals surface area contributed by atoms with Gasteiger partial charge in [0.15, 0.2) is 0 Å². The van der Waals surface area contributed by atoms with Gasteiger partial charge in [0.2, 0.25) is 5.91 Å². The van der Waals surface area contributed by atoms with Crippen molar-refractivity contribution in [3.8, 4) is 5.69 Å². The normalized spacial score (nSPS) is 23.7. The van der Waals surface area contributed by atoms with Crippen LogP contribution in [0.15, 0.2) is 36.4 Å². The zero-order chi connectivity index (χ0) is 20.5. The molecule has 1 aromatic heterocycles. The summed E-state index contributed by atoms with van der Waals surface area (Å²) in [6.45, 7) is 7.88. The van der Waals surface area contributed by atoms with E-state index in [0.29, 0.717) is 11.9 Å². The molecule has 3 fully saturated rings. The summed E-state index contributed by atoms with van der Waals surface area (Å²) >= 11 is 1.85. The van der Waals surface area contributed by atoms with Gasteiger partial charge in [-0.1, -0.05) is 18.2 Å². The number of thioether (sulfide) groups is 1. The van der Waals surface area contributed by atoms with Crippen molar-refractivity contribution in [3.05, 3.63) is 42.1 Å². The number of nitrogens with one attached hydrogen (secondary N) is 1. The maximum atomic E-state index is 12.7. The number of carbonyl (C=O) groups is 1. The number of amides is 1. The van der Waals surface area contributed by atoms with E-state index in [1.807, 2.05) is 22.7 Å². The van der Waals surface area contributed by atoms with E-state index in [1.165, 1.54) is 5.82 Å². The molecule has 1 amide bonds. The van der Waals surface area contributed by atoms with Crippen molar-refractivity contribution in [1.82, 2.24) is 24.9 Å². The van der Waals surface area contributed by atoms with Crippen molar-refractivity contribution in [2.24, 2.45) is 0 Å². The molecular weight excluding hydrogens is 492 g/mol. The number of nitrogens with zero attached hydrogens (tertiary/aromatic N) is 5. The number of piperazine rings is 1. The third kappa shape index (κ3) is 5.14. The standard InChI is InChI=1S/C22H30N6OS.BrH.H2O/c1-17-13-21(28(24-17)18-5-3-2-4-6-18)26-9-7-25(8-10-26)19-14-20(23-15-19)22(29)27-11-12-30-16-27;;/h2-6,13,19-20,23H,7-12,14-16H2,1H3;1H;1H2. The average molecular weight is 526 g/mol. The zero-order valence-electron chi connectivity index (χ0n) is 18.4. The molecule has 5 rings (SSSR count).